The van der Waals surface area contributed by atoms with E-state index >= 15 is 0 Å². The molecule has 2 rings (SSSR count). The van der Waals surface area contributed by atoms with Crippen LogP contribution in [0.4, 0.5) is 0 Å². The molecule has 1 heterocycles. The second kappa shape index (κ2) is 5.27. The van der Waals surface area contributed by atoms with Gasteiger partial charge in [-0.2, -0.15) is 0 Å². The number of carbonyl (C=O) groups is 2. The third-order valence-electron chi connectivity index (χ3n) is 3.05. The number of nitrogens with two attached hydrogens (primary N) is 1. The van der Waals surface area contributed by atoms with Gasteiger partial charge in [0, 0.05) is 0 Å². The summed E-state index contributed by atoms with van der Waals surface area (Å²) in [6.07, 6.45) is 0.0275. The van der Waals surface area contributed by atoms with Crippen LogP contribution in [0.2, 0.25) is 0 Å². The molecule has 1 fully saturated rings. The Bertz CT molecular complexity index is 486. The van der Waals surface area contributed by atoms with Crippen molar-refractivity contribution >= 4 is 11.9 Å². The van der Waals surface area contributed by atoms with Crippen LogP contribution in [0.25, 0.3) is 0 Å². The number of hydrogen-bond donors (Lipinski definition) is 3. The number of phenols is 1. The first kappa shape index (κ1) is 13.4. The molecular weight excluding hydrogens is 248 g/mol. The highest BCUT2D eigenvalue weighted by molar-refractivity contribution is 5.90. The molecule has 1 aliphatic heterocycles. The van der Waals surface area contributed by atoms with Gasteiger partial charge < -0.3 is 20.9 Å². The van der Waals surface area contributed by atoms with Crippen LogP contribution < -0.4 is 11.1 Å². The minimum absolute atomic E-state index is 0.160. The molecule has 0 aromatic heterocycles. The van der Waals surface area contributed by atoms with E-state index < -0.39 is 18.1 Å². The molecule has 1 amide bonds. The molecule has 0 bridgehead atoms. The van der Waals surface area contributed by atoms with E-state index in [4.69, 9.17) is 15.6 Å². The van der Waals surface area contributed by atoms with Crippen molar-refractivity contribution in [2.45, 2.75) is 31.5 Å². The largest absolute Gasteiger partial charge is 0.508 e. The summed E-state index contributed by atoms with van der Waals surface area (Å²) < 4.78 is 4.74. The van der Waals surface area contributed by atoms with Crippen LogP contribution in [0.3, 0.4) is 0 Å². The molecule has 4 N–H and O–H groups in total. The summed E-state index contributed by atoms with van der Waals surface area (Å²) in [4.78, 5) is 22.9. The Morgan fingerprint density at radius 1 is 1.47 bits per heavy atom. The SMILES string of the molecule is C[C@H]1OC(=O)[C@H]1NC(=O)[C@@H](N)Cc1ccc(O)cc1. The predicted molar refractivity (Wildman–Crippen MR) is 67.3 cm³/mol. The first-order chi connectivity index (χ1) is 8.97. The summed E-state index contributed by atoms with van der Waals surface area (Å²) in [5, 5.41) is 11.7. The van der Waals surface area contributed by atoms with Crippen LogP contribution in [0.1, 0.15) is 12.5 Å². The van der Waals surface area contributed by atoms with E-state index in [0.29, 0.717) is 6.42 Å². The summed E-state index contributed by atoms with van der Waals surface area (Å²) in [5.41, 5.74) is 6.62. The lowest BCUT2D eigenvalue weighted by Gasteiger charge is -2.33. The van der Waals surface area contributed by atoms with Crippen molar-refractivity contribution in [3.8, 4) is 5.75 Å². The summed E-state index contributed by atoms with van der Waals surface area (Å²) in [7, 11) is 0. The van der Waals surface area contributed by atoms with Gasteiger partial charge in [-0.15, -0.1) is 0 Å². The second-order valence-electron chi connectivity index (χ2n) is 4.61. The standard InChI is InChI=1S/C13H16N2O4/c1-7-11(13(18)19-7)15-12(17)10(14)6-8-2-4-9(16)5-3-8/h2-5,7,10-11,16H,6,14H2,1H3,(H,15,17)/t7-,10+,11+/m1/s1. The fourth-order valence-corrected chi connectivity index (χ4v) is 1.86. The molecule has 6 nitrogen and oxygen atoms in total. The summed E-state index contributed by atoms with van der Waals surface area (Å²) in [5.74, 6) is -0.660. The predicted octanol–water partition coefficient (Wildman–Crippen LogP) is -0.308. The van der Waals surface area contributed by atoms with E-state index in [1.54, 1.807) is 19.1 Å². The first-order valence-corrected chi connectivity index (χ1v) is 6.01. The highest BCUT2D eigenvalue weighted by Crippen LogP contribution is 2.14. The summed E-state index contributed by atoms with van der Waals surface area (Å²) in [6, 6.07) is 5.12. The topological polar surface area (TPSA) is 102 Å². The lowest BCUT2D eigenvalue weighted by Crippen LogP contribution is -2.61. The van der Waals surface area contributed by atoms with Crippen molar-refractivity contribution in [2.24, 2.45) is 5.73 Å². The van der Waals surface area contributed by atoms with E-state index in [2.05, 4.69) is 5.32 Å². The number of aromatic hydroxyl groups is 1. The average Bonchev–Trinajstić information content (AvgIpc) is 2.38. The Balaban J connectivity index is 1.88. The number of rotatable bonds is 4. The molecule has 1 aromatic rings. The Hall–Kier alpha value is -2.08. The van der Waals surface area contributed by atoms with Crippen molar-refractivity contribution < 1.29 is 19.4 Å². The summed E-state index contributed by atoms with van der Waals surface area (Å²) >= 11 is 0. The van der Waals surface area contributed by atoms with Crippen LogP contribution in [0.5, 0.6) is 5.75 Å². The average molecular weight is 264 g/mol. The number of carbonyl (C=O) groups excluding carboxylic acids is 2. The number of phenolic OH excluding ortho intramolecular Hbond substituents is 1. The molecule has 0 spiro atoms. The van der Waals surface area contributed by atoms with Gasteiger partial charge in [-0.3, -0.25) is 4.79 Å². The van der Waals surface area contributed by atoms with E-state index in [-0.39, 0.29) is 17.8 Å². The van der Waals surface area contributed by atoms with Crippen molar-refractivity contribution in [2.75, 3.05) is 0 Å². The van der Waals surface area contributed by atoms with Gasteiger partial charge in [-0.25, -0.2) is 4.79 Å². The van der Waals surface area contributed by atoms with Crippen molar-refractivity contribution in [3.63, 3.8) is 0 Å². The monoisotopic (exact) mass is 264 g/mol. The zero-order chi connectivity index (χ0) is 14.0. The maximum atomic E-state index is 11.8. The Morgan fingerprint density at radius 2 is 2.11 bits per heavy atom. The van der Waals surface area contributed by atoms with Crippen LogP contribution in [-0.4, -0.2) is 35.2 Å². The van der Waals surface area contributed by atoms with Gasteiger partial charge in [0.15, 0.2) is 6.04 Å². The van der Waals surface area contributed by atoms with Crippen molar-refractivity contribution in [1.82, 2.24) is 5.32 Å². The lowest BCUT2D eigenvalue weighted by molar-refractivity contribution is -0.176. The highest BCUT2D eigenvalue weighted by atomic mass is 16.6. The van der Waals surface area contributed by atoms with Gasteiger partial charge in [0.2, 0.25) is 5.91 Å². The number of cyclic esters (lactones) is 1. The Labute approximate surface area is 110 Å². The molecule has 0 aliphatic carbocycles. The summed E-state index contributed by atoms with van der Waals surface area (Å²) in [6.45, 7) is 1.71. The van der Waals surface area contributed by atoms with Crippen LogP contribution in [0, 0.1) is 0 Å². The van der Waals surface area contributed by atoms with Crippen LogP contribution in [0.15, 0.2) is 24.3 Å². The smallest absolute Gasteiger partial charge is 0.332 e. The first-order valence-electron chi connectivity index (χ1n) is 6.01. The highest BCUT2D eigenvalue weighted by Gasteiger charge is 2.40. The minimum atomic E-state index is -0.745. The molecule has 1 aromatic carbocycles. The number of nitrogens with one attached hydrogen (secondary N) is 1. The minimum Gasteiger partial charge on any atom is -0.508 e. The Morgan fingerprint density at radius 3 is 2.63 bits per heavy atom. The van der Waals surface area contributed by atoms with E-state index in [1.165, 1.54) is 12.1 Å². The molecule has 0 saturated carbocycles. The quantitative estimate of drug-likeness (QED) is 0.648. The van der Waals surface area contributed by atoms with Crippen LogP contribution in [-0.2, 0) is 20.7 Å². The zero-order valence-corrected chi connectivity index (χ0v) is 10.5. The van der Waals surface area contributed by atoms with Gasteiger partial charge in [-0.1, -0.05) is 12.1 Å². The fraction of sp³-hybridized carbons (Fsp3) is 0.385. The molecule has 6 heteroatoms. The maximum Gasteiger partial charge on any atom is 0.332 e. The van der Waals surface area contributed by atoms with E-state index in [9.17, 15) is 9.59 Å². The van der Waals surface area contributed by atoms with Crippen molar-refractivity contribution in [3.05, 3.63) is 29.8 Å². The fourth-order valence-electron chi connectivity index (χ4n) is 1.86. The number of benzene rings is 1. The molecule has 19 heavy (non-hydrogen) atoms. The molecule has 3 atom stereocenters. The number of esters is 1. The maximum absolute atomic E-state index is 11.8. The molecular formula is C13H16N2O4. The number of ether oxygens (including phenoxy) is 1. The molecule has 102 valence electrons. The molecule has 1 aliphatic rings. The van der Waals surface area contributed by atoms with Crippen LogP contribution >= 0.6 is 0 Å². The third kappa shape index (κ3) is 3.03. The zero-order valence-electron chi connectivity index (χ0n) is 10.5. The normalized spacial score (nSPS) is 23.2. The van der Waals surface area contributed by atoms with Gasteiger partial charge >= 0.3 is 5.97 Å². The molecule has 1 saturated heterocycles. The second-order valence-corrected chi connectivity index (χ2v) is 4.61. The van der Waals surface area contributed by atoms with Gasteiger partial charge in [0.05, 0.1) is 6.04 Å². The van der Waals surface area contributed by atoms with Crippen molar-refractivity contribution in [1.29, 1.82) is 0 Å². The Kier molecular flexibility index (Phi) is 3.71. The number of hydrogen-bond acceptors (Lipinski definition) is 5. The lowest BCUT2D eigenvalue weighted by atomic mass is 10.0. The van der Waals surface area contributed by atoms with E-state index in [1.807, 2.05) is 0 Å². The van der Waals surface area contributed by atoms with Gasteiger partial charge in [0.25, 0.3) is 0 Å². The third-order valence-corrected chi connectivity index (χ3v) is 3.05. The molecule has 0 radical (unpaired) electrons. The van der Waals surface area contributed by atoms with Gasteiger partial charge in [0.1, 0.15) is 11.9 Å². The molecule has 0 unspecified atom stereocenters. The van der Waals surface area contributed by atoms with Gasteiger partial charge in [-0.05, 0) is 31.0 Å². The number of amides is 1. The van der Waals surface area contributed by atoms with E-state index in [0.717, 1.165) is 5.56 Å².